The number of aromatic nitrogens is 2. The largest absolute Gasteiger partial charge is 0.456 e. The Morgan fingerprint density at radius 2 is 2.11 bits per heavy atom. The number of aromatic amines is 1. The normalized spacial score (nSPS) is 16.5. The third kappa shape index (κ3) is 2.82. The van der Waals surface area contributed by atoms with Crippen LogP contribution in [0.3, 0.4) is 0 Å². The standard InChI is InChI=1S/C20H15BrFN3O2/c21-19-15(22)7-11(9-23-19)18-14-3-1-2-4-16(14)24-20(18)25(12-5-6-12)13-8-17(26)27-10-13/h1-4,7-9,12,24H,5-6,10H2. The summed E-state index contributed by atoms with van der Waals surface area (Å²) in [6, 6.07) is 9.67. The molecule has 1 aliphatic carbocycles. The first-order valence-corrected chi connectivity index (χ1v) is 9.50. The minimum Gasteiger partial charge on any atom is -0.456 e. The van der Waals surface area contributed by atoms with Gasteiger partial charge in [0.1, 0.15) is 17.0 Å². The second-order valence-corrected chi connectivity index (χ2v) is 7.49. The number of H-pyrrole nitrogens is 1. The van der Waals surface area contributed by atoms with Crippen LogP contribution in [0.4, 0.5) is 10.2 Å². The number of anilines is 1. The van der Waals surface area contributed by atoms with Gasteiger partial charge < -0.3 is 14.6 Å². The lowest BCUT2D eigenvalue weighted by atomic mass is 10.0. The zero-order valence-corrected chi connectivity index (χ0v) is 15.8. The fraction of sp³-hybridized carbons (Fsp3) is 0.200. The molecular formula is C20H15BrFN3O2. The number of halogens is 2. The predicted octanol–water partition coefficient (Wildman–Crippen LogP) is 4.54. The highest BCUT2D eigenvalue weighted by Crippen LogP contribution is 2.44. The first kappa shape index (κ1) is 16.5. The average Bonchev–Trinajstić information content (AvgIpc) is 3.28. The number of benzene rings is 1. The Bertz CT molecular complexity index is 1100. The summed E-state index contributed by atoms with van der Waals surface area (Å²) in [6.07, 6.45) is 5.26. The fourth-order valence-corrected chi connectivity index (χ4v) is 3.77. The molecule has 1 fully saturated rings. The lowest BCUT2D eigenvalue weighted by Crippen LogP contribution is -2.26. The van der Waals surface area contributed by atoms with Crippen molar-refractivity contribution in [3.05, 3.63) is 58.7 Å². The molecule has 1 saturated carbocycles. The summed E-state index contributed by atoms with van der Waals surface area (Å²) in [6.45, 7) is 0.247. The van der Waals surface area contributed by atoms with Crippen molar-refractivity contribution in [3.8, 4) is 11.1 Å². The van der Waals surface area contributed by atoms with E-state index in [1.165, 1.54) is 12.1 Å². The monoisotopic (exact) mass is 427 g/mol. The van der Waals surface area contributed by atoms with E-state index in [-0.39, 0.29) is 17.2 Å². The number of cyclic esters (lactones) is 1. The van der Waals surface area contributed by atoms with Gasteiger partial charge in [0.2, 0.25) is 0 Å². The Morgan fingerprint density at radius 1 is 1.30 bits per heavy atom. The molecule has 0 amide bonds. The molecule has 1 aromatic carbocycles. The van der Waals surface area contributed by atoms with Crippen LogP contribution in [0.15, 0.2) is 52.9 Å². The second kappa shape index (κ2) is 6.20. The quantitative estimate of drug-likeness (QED) is 0.490. The van der Waals surface area contributed by atoms with Gasteiger partial charge in [-0.1, -0.05) is 18.2 Å². The van der Waals surface area contributed by atoms with Crippen LogP contribution >= 0.6 is 15.9 Å². The minimum absolute atomic E-state index is 0.184. The molecule has 136 valence electrons. The Hall–Kier alpha value is -2.67. The molecule has 1 N–H and O–H groups in total. The highest BCUT2D eigenvalue weighted by Gasteiger charge is 2.36. The van der Waals surface area contributed by atoms with Crippen LogP contribution in [0.25, 0.3) is 22.0 Å². The minimum atomic E-state index is -0.416. The van der Waals surface area contributed by atoms with E-state index in [4.69, 9.17) is 4.74 Å². The molecule has 5 nitrogen and oxygen atoms in total. The third-order valence-corrected chi connectivity index (χ3v) is 5.46. The first-order chi connectivity index (χ1) is 13.1. The Morgan fingerprint density at radius 3 is 2.81 bits per heavy atom. The van der Waals surface area contributed by atoms with E-state index in [2.05, 4.69) is 30.8 Å². The van der Waals surface area contributed by atoms with E-state index in [1.54, 1.807) is 6.20 Å². The van der Waals surface area contributed by atoms with Crippen molar-refractivity contribution in [2.24, 2.45) is 0 Å². The molecule has 5 rings (SSSR count). The van der Waals surface area contributed by atoms with Crippen LogP contribution in [0.2, 0.25) is 0 Å². The van der Waals surface area contributed by atoms with Gasteiger partial charge in [-0.25, -0.2) is 14.2 Å². The number of para-hydroxylation sites is 1. The molecule has 7 heteroatoms. The zero-order chi connectivity index (χ0) is 18.5. The molecule has 3 heterocycles. The van der Waals surface area contributed by atoms with E-state index >= 15 is 0 Å². The number of hydrogen-bond acceptors (Lipinski definition) is 4. The van der Waals surface area contributed by atoms with Crippen LogP contribution in [-0.4, -0.2) is 28.6 Å². The molecule has 27 heavy (non-hydrogen) atoms. The smallest absolute Gasteiger partial charge is 0.333 e. The summed E-state index contributed by atoms with van der Waals surface area (Å²) in [5.41, 5.74) is 3.32. The van der Waals surface area contributed by atoms with Gasteiger partial charge >= 0.3 is 5.97 Å². The summed E-state index contributed by atoms with van der Waals surface area (Å²) in [4.78, 5) is 21.4. The third-order valence-electron chi connectivity index (χ3n) is 4.88. The molecule has 0 atom stereocenters. The molecular weight excluding hydrogens is 413 g/mol. The maximum atomic E-state index is 14.2. The molecule has 0 bridgehead atoms. The number of carbonyl (C=O) groups excluding carboxylic acids is 1. The van der Waals surface area contributed by atoms with Crippen molar-refractivity contribution in [1.82, 2.24) is 9.97 Å². The fourth-order valence-electron chi connectivity index (χ4n) is 3.56. The Kier molecular flexibility index (Phi) is 3.79. The van der Waals surface area contributed by atoms with E-state index in [9.17, 15) is 9.18 Å². The number of pyridine rings is 1. The summed E-state index contributed by atoms with van der Waals surface area (Å²) >= 11 is 3.12. The lowest BCUT2D eigenvalue weighted by molar-refractivity contribution is -0.134. The van der Waals surface area contributed by atoms with E-state index in [1.807, 2.05) is 24.3 Å². The topological polar surface area (TPSA) is 58.2 Å². The maximum absolute atomic E-state index is 14.2. The number of ether oxygens (including phenoxy) is 1. The van der Waals surface area contributed by atoms with Gasteiger partial charge in [0.05, 0.1) is 5.70 Å². The van der Waals surface area contributed by atoms with Crippen molar-refractivity contribution in [2.75, 3.05) is 11.5 Å². The molecule has 0 radical (unpaired) electrons. The van der Waals surface area contributed by atoms with Crippen molar-refractivity contribution in [2.45, 2.75) is 18.9 Å². The summed E-state index contributed by atoms with van der Waals surface area (Å²) in [5.74, 6) is 0.0942. The number of hydrogen-bond donors (Lipinski definition) is 1. The summed E-state index contributed by atoms with van der Waals surface area (Å²) in [5, 5.41) is 0.979. The number of fused-ring (bicyclic) bond motifs is 1. The molecule has 0 saturated heterocycles. The highest BCUT2D eigenvalue weighted by atomic mass is 79.9. The van der Waals surface area contributed by atoms with E-state index in [0.717, 1.165) is 40.8 Å². The average molecular weight is 428 g/mol. The van der Waals surface area contributed by atoms with E-state index < -0.39 is 5.82 Å². The molecule has 3 aromatic rings. The van der Waals surface area contributed by atoms with Gasteiger partial charge in [-0.2, -0.15) is 0 Å². The van der Waals surface area contributed by atoms with Gasteiger partial charge in [0.25, 0.3) is 0 Å². The lowest BCUT2D eigenvalue weighted by Gasteiger charge is -2.25. The SMILES string of the molecule is O=C1C=C(N(c2[nH]c3ccccc3c2-c2cnc(Br)c(F)c2)C2CC2)CO1. The van der Waals surface area contributed by atoms with Gasteiger partial charge in [-0.15, -0.1) is 0 Å². The maximum Gasteiger partial charge on any atom is 0.333 e. The molecule has 1 aliphatic heterocycles. The van der Waals surface area contributed by atoms with Crippen LogP contribution in [0.1, 0.15) is 12.8 Å². The number of esters is 1. The van der Waals surface area contributed by atoms with E-state index in [0.29, 0.717) is 11.6 Å². The van der Waals surface area contributed by atoms with Crippen LogP contribution in [0, 0.1) is 5.82 Å². The molecule has 0 unspecified atom stereocenters. The second-order valence-electron chi connectivity index (χ2n) is 6.74. The molecule has 2 aromatic heterocycles. The van der Waals surface area contributed by atoms with Crippen molar-refractivity contribution >= 4 is 38.6 Å². The number of rotatable bonds is 4. The summed E-state index contributed by atoms with van der Waals surface area (Å²) < 4.78 is 19.5. The Labute approximate surface area is 163 Å². The highest BCUT2D eigenvalue weighted by molar-refractivity contribution is 9.10. The number of nitrogens with zero attached hydrogens (tertiary/aromatic N) is 2. The number of nitrogens with one attached hydrogen (secondary N) is 1. The molecule has 2 aliphatic rings. The van der Waals surface area contributed by atoms with Crippen LogP contribution in [0.5, 0.6) is 0 Å². The van der Waals surface area contributed by atoms with Crippen molar-refractivity contribution in [1.29, 1.82) is 0 Å². The first-order valence-electron chi connectivity index (χ1n) is 8.70. The Balaban J connectivity index is 1.75. The van der Waals surface area contributed by atoms with Crippen LogP contribution < -0.4 is 4.90 Å². The molecule has 0 spiro atoms. The number of carbonyl (C=O) groups is 1. The van der Waals surface area contributed by atoms with Crippen LogP contribution in [-0.2, 0) is 9.53 Å². The predicted molar refractivity (Wildman–Crippen MR) is 104 cm³/mol. The van der Waals surface area contributed by atoms with Gasteiger partial charge in [-0.3, -0.25) is 0 Å². The van der Waals surface area contributed by atoms with Crippen molar-refractivity contribution < 1.29 is 13.9 Å². The van der Waals surface area contributed by atoms with Gasteiger partial charge in [-0.05, 0) is 40.9 Å². The van der Waals surface area contributed by atoms with Gasteiger partial charge in [0, 0.05) is 40.3 Å². The van der Waals surface area contributed by atoms with Crippen molar-refractivity contribution in [3.63, 3.8) is 0 Å². The van der Waals surface area contributed by atoms with Gasteiger partial charge in [0.15, 0.2) is 5.82 Å². The zero-order valence-electron chi connectivity index (χ0n) is 14.2. The summed E-state index contributed by atoms with van der Waals surface area (Å²) in [7, 11) is 0.